The molecule has 0 bridgehead atoms. The number of hydrogen-bond donors (Lipinski definition) is 1. The Morgan fingerprint density at radius 1 is 1.41 bits per heavy atom. The molecule has 0 aliphatic heterocycles. The van der Waals surface area contributed by atoms with Crippen LogP contribution in [0, 0.1) is 5.82 Å². The number of carbonyl (C=O) groups is 1. The van der Waals surface area contributed by atoms with Gasteiger partial charge in [0.05, 0.1) is 13.2 Å². The maximum Gasteiger partial charge on any atom is 0.242 e. The molecule has 1 aromatic rings. The highest BCUT2D eigenvalue weighted by Gasteiger charge is 2.21. The Morgan fingerprint density at radius 3 is 2.64 bits per heavy atom. The number of hydrogen-bond acceptors (Lipinski definition) is 4. The lowest BCUT2D eigenvalue weighted by atomic mass is 10.2. The molecule has 0 aliphatic carbocycles. The Bertz CT molecular complexity index is 477. The topological polar surface area (TPSA) is 64.8 Å². The van der Waals surface area contributed by atoms with Crippen molar-refractivity contribution in [2.45, 2.75) is 12.6 Å². The largest absolute Gasteiger partial charge is 0.383 e. The summed E-state index contributed by atoms with van der Waals surface area (Å²) >= 11 is 5.99. The van der Waals surface area contributed by atoms with Crippen LogP contribution in [-0.4, -0.2) is 50.8 Å². The van der Waals surface area contributed by atoms with Crippen molar-refractivity contribution < 1.29 is 18.7 Å². The van der Waals surface area contributed by atoms with Gasteiger partial charge in [0.2, 0.25) is 5.91 Å². The fraction of sp³-hybridized carbons (Fsp3) is 0.500. The average molecular weight is 355 g/mol. The number of carbonyl (C=O) groups excluding carboxylic acids is 1. The van der Waals surface area contributed by atoms with Crippen molar-refractivity contribution in [2.75, 3.05) is 34.0 Å². The standard InChI is InChI=1S/C14H20ClFN2O3.ClH/c1-20-6-5-18(14(19)13(17)9-21-2)8-10-3-4-11(16)7-12(10)15;/h3-4,7,13H,5-6,8-9,17H2,1-2H3;1H. The van der Waals surface area contributed by atoms with Gasteiger partial charge in [-0.1, -0.05) is 17.7 Å². The van der Waals surface area contributed by atoms with E-state index in [1.165, 1.54) is 24.1 Å². The smallest absolute Gasteiger partial charge is 0.242 e. The SMILES string of the molecule is COCCN(Cc1ccc(F)cc1Cl)C(=O)C(N)COC.Cl. The number of ether oxygens (including phenoxy) is 2. The Morgan fingerprint density at radius 2 is 2.09 bits per heavy atom. The molecule has 2 N–H and O–H groups in total. The first-order valence-electron chi connectivity index (χ1n) is 6.45. The number of nitrogens with two attached hydrogens (primary N) is 1. The molecule has 0 aromatic heterocycles. The second-order valence-corrected chi connectivity index (χ2v) is 4.96. The molecule has 0 fully saturated rings. The van der Waals surface area contributed by atoms with Gasteiger partial charge in [0, 0.05) is 32.3 Å². The third kappa shape index (κ3) is 6.46. The highest BCUT2D eigenvalue weighted by molar-refractivity contribution is 6.31. The third-order valence-electron chi connectivity index (χ3n) is 2.92. The molecular weight excluding hydrogens is 334 g/mol. The van der Waals surface area contributed by atoms with Crippen molar-refractivity contribution in [3.05, 3.63) is 34.6 Å². The lowest BCUT2D eigenvalue weighted by molar-refractivity contribution is -0.135. The molecule has 1 atom stereocenters. The Labute approximate surface area is 140 Å². The maximum absolute atomic E-state index is 13.1. The van der Waals surface area contributed by atoms with Gasteiger partial charge in [-0.05, 0) is 17.7 Å². The van der Waals surface area contributed by atoms with Crippen molar-refractivity contribution >= 4 is 29.9 Å². The Hall–Kier alpha value is -0.920. The summed E-state index contributed by atoms with van der Waals surface area (Å²) in [7, 11) is 3.02. The molecule has 0 saturated heterocycles. The zero-order valence-corrected chi connectivity index (χ0v) is 14.1. The van der Waals surface area contributed by atoms with Crippen molar-refractivity contribution in [1.29, 1.82) is 0 Å². The van der Waals surface area contributed by atoms with E-state index in [1.807, 2.05) is 0 Å². The van der Waals surface area contributed by atoms with Crippen LogP contribution in [-0.2, 0) is 20.8 Å². The summed E-state index contributed by atoms with van der Waals surface area (Å²) in [5.74, 6) is -0.691. The van der Waals surface area contributed by atoms with Crippen molar-refractivity contribution in [2.24, 2.45) is 5.73 Å². The van der Waals surface area contributed by atoms with Crippen LogP contribution in [0.4, 0.5) is 4.39 Å². The lowest BCUT2D eigenvalue weighted by Crippen LogP contribution is -2.46. The van der Waals surface area contributed by atoms with E-state index in [2.05, 4.69) is 0 Å². The van der Waals surface area contributed by atoms with Gasteiger partial charge in [-0.25, -0.2) is 4.39 Å². The Kier molecular flexibility index (Phi) is 10.3. The molecule has 1 aromatic carbocycles. The molecule has 0 saturated carbocycles. The first-order chi connectivity index (χ1) is 9.99. The minimum absolute atomic E-state index is 0. The van der Waals surface area contributed by atoms with Crippen LogP contribution in [0.25, 0.3) is 0 Å². The van der Waals surface area contributed by atoms with E-state index in [0.29, 0.717) is 18.7 Å². The summed E-state index contributed by atoms with van der Waals surface area (Å²) < 4.78 is 22.9. The Balaban J connectivity index is 0.00000441. The zero-order chi connectivity index (χ0) is 15.8. The quantitative estimate of drug-likeness (QED) is 0.773. The predicted molar refractivity (Wildman–Crippen MR) is 85.8 cm³/mol. The minimum atomic E-state index is -0.758. The van der Waals surface area contributed by atoms with Crippen molar-refractivity contribution in [3.63, 3.8) is 0 Å². The normalized spacial score (nSPS) is 11.7. The van der Waals surface area contributed by atoms with Crippen molar-refractivity contribution in [1.82, 2.24) is 4.90 Å². The maximum atomic E-state index is 13.1. The number of amides is 1. The zero-order valence-electron chi connectivity index (χ0n) is 12.6. The van der Waals surface area contributed by atoms with E-state index in [1.54, 1.807) is 13.2 Å². The number of rotatable bonds is 8. The van der Waals surface area contributed by atoms with E-state index in [9.17, 15) is 9.18 Å². The van der Waals surface area contributed by atoms with Gasteiger partial charge in [0.1, 0.15) is 11.9 Å². The molecule has 0 radical (unpaired) electrons. The minimum Gasteiger partial charge on any atom is -0.383 e. The monoisotopic (exact) mass is 354 g/mol. The first kappa shape index (κ1) is 21.1. The van der Waals surface area contributed by atoms with E-state index >= 15 is 0 Å². The number of methoxy groups -OCH3 is 2. The predicted octanol–water partition coefficient (Wildman–Crippen LogP) is 1.85. The van der Waals surface area contributed by atoms with Gasteiger partial charge >= 0.3 is 0 Å². The van der Waals surface area contributed by atoms with Crippen LogP contribution in [0.5, 0.6) is 0 Å². The molecule has 1 amide bonds. The summed E-state index contributed by atoms with van der Waals surface area (Å²) in [6, 6.07) is 3.30. The van der Waals surface area contributed by atoms with Gasteiger partial charge < -0.3 is 20.1 Å². The molecular formula is C14H21Cl2FN2O3. The van der Waals surface area contributed by atoms with Crippen LogP contribution in [0.2, 0.25) is 5.02 Å². The van der Waals surface area contributed by atoms with Crippen LogP contribution in [0.1, 0.15) is 5.56 Å². The number of nitrogens with zero attached hydrogens (tertiary/aromatic N) is 1. The third-order valence-corrected chi connectivity index (χ3v) is 3.27. The van der Waals surface area contributed by atoms with Gasteiger partial charge in [0.15, 0.2) is 0 Å². The number of halogens is 3. The van der Waals surface area contributed by atoms with Gasteiger partial charge in [-0.2, -0.15) is 0 Å². The summed E-state index contributed by atoms with van der Waals surface area (Å²) in [5, 5.41) is 0.269. The molecule has 126 valence electrons. The first-order valence-corrected chi connectivity index (χ1v) is 6.83. The highest BCUT2D eigenvalue weighted by atomic mass is 35.5. The molecule has 1 unspecified atom stereocenters. The van der Waals surface area contributed by atoms with Crippen LogP contribution < -0.4 is 5.73 Å². The van der Waals surface area contributed by atoms with Crippen LogP contribution in [0.3, 0.4) is 0 Å². The van der Waals surface area contributed by atoms with E-state index in [0.717, 1.165) is 0 Å². The highest BCUT2D eigenvalue weighted by Crippen LogP contribution is 2.19. The second-order valence-electron chi connectivity index (χ2n) is 4.55. The molecule has 0 aliphatic rings. The van der Waals surface area contributed by atoms with Gasteiger partial charge in [-0.3, -0.25) is 4.79 Å². The summed E-state index contributed by atoms with van der Waals surface area (Å²) in [6.07, 6.45) is 0. The van der Waals surface area contributed by atoms with E-state index < -0.39 is 11.9 Å². The van der Waals surface area contributed by atoms with Gasteiger partial charge in [0.25, 0.3) is 0 Å². The number of benzene rings is 1. The molecule has 0 heterocycles. The van der Waals surface area contributed by atoms with Gasteiger partial charge in [-0.15, -0.1) is 12.4 Å². The molecule has 0 spiro atoms. The lowest BCUT2D eigenvalue weighted by Gasteiger charge is -2.25. The average Bonchev–Trinajstić information content (AvgIpc) is 2.45. The molecule has 8 heteroatoms. The molecule has 22 heavy (non-hydrogen) atoms. The van der Waals surface area contributed by atoms with Crippen LogP contribution in [0.15, 0.2) is 18.2 Å². The summed E-state index contributed by atoms with van der Waals surface area (Å²) in [6.45, 7) is 1.09. The fourth-order valence-corrected chi connectivity index (χ4v) is 2.04. The molecule has 5 nitrogen and oxygen atoms in total. The van der Waals surface area contributed by atoms with Crippen LogP contribution >= 0.6 is 24.0 Å². The van der Waals surface area contributed by atoms with E-state index in [-0.39, 0.29) is 36.5 Å². The fourth-order valence-electron chi connectivity index (χ4n) is 1.81. The second kappa shape index (κ2) is 10.7. The van der Waals surface area contributed by atoms with E-state index in [4.69, 9.17) is 26.8 Å². The van der Waals surface area contributed by atoms with Crippen molar-refractivity contribution in [3.8, 4) is 0 Å². The summed E-state index contributed by atoms with van der Waals surface area (Å²) in [5.41, 5.74) is 6.41. The summed E-state index contributed by atoms with van der Waals surface area (Å²) in [4.78, 5) is 13.8. The molecule has 1 rings (SSSR count).